The van der Waals surface area contributed by atoms with Crippen molar-refractivity contribution in [3.05, 3.63) is 47.3 Å². The number of methoxy groups -OCH3 is 1. The van der Waals surface area contributed by atoms with Gasteiger partial charge in [-0.05, 0) is 56.2 Å². The van der Waals surface area contributed by atoms with Crippen LogP contribution < -0.4 is 13.8 Å². The van der Waals surface area contributed by atoms with Crippen molar-refractivity contribution < 1.29 is 17.9 Å². The molecule has 3 aromatic rings. The highest BCUT2D eigenvalue weighted by atomic mass is 32.2. The topological polar surface area (TPSA) is 68.7 Å². The fourth-order valence-electron chi connectivity index (χ4n) is 3.88. The molecule has 0 amide bonds. The average molecular weight is 445 g/mol. The monoisotopic (exact) mass is 444 g/mol. The Morgan fingerprint density at radius 1 is 1.17 bits per heavy atom. The summed E-state index contributed by atoms with van der Waals surface area (Å²) < 4.78 is 36.8. The van der Waals surface area contributed by atoms with Crippen LogP contribution in [0.15, 0.2) is 41.8 Å². The number of sulfonamides is 1. The third-order valence-electron chi connectivity index (χ3n) is 5.10. The number of ether oxygens (including phenoxy) is 2. The highest BCUT2D eigenvalue weighted by Gasteiger charge is 2.32. The maximum Gasteiger partial charge on any atom is 0.232 e. The Balaban J connectivity index is 1.65. The van der Waals surface area contributed by atoms with Crippen molar-refractivity contribution in [3.63, 3.8) is 0 Å². The Morgan fingerprint density at radius 3 is 2.63 bits per heavy atom. The van der Waals surface area contributed by atoms with Crippen molar-refractivity contribution in [1.29, 1.82) is 0 Å². The summed E-state index contributed by atoms with van der Waals surface area (Å²) in [6.07, 6.45) is 1.95. The molecule has 8 heteroatoms. The summed E-state index contributed by atoms with van der Waals surface area (Å²) in [5.74, 6) is 1.39. The van der Waals surface area contributed by atoms with E-state index in [1.54, 1.807) is 18.4 Å². The fourth-order valence-corrected chi connectivity index (χ4v) is 5.97. The van der Waals surface area contributed by atoms with Crippen LogP contribution in [0.4, 0.5) is 5.69 Å². The summed E-state index contributed by atoms with van der Waals surface area (Å²) in [6, 6.07) is 11.6. The molecule has 0 radical (unpaired) electrons. The van der Waals surface area contributed by atoms with Gasteiger partial charge in [0.25, 0.3) is 0 Å². The number of hydrogen-bond donors (Lipinski definition) is 0. The number of nitrogens with zero attached hydrogens (tertiary/aromatic N) is 2. The number of anilines is 1. The molecular weight excluding hydrogens is 420 g/mol. The van der Waals surface area contributed by atoms with E-state index in [9.17, 15) is 8.42 Å². The predicted molar refractivity (Wildman–Crippen MR) is 121 cm³/mol. The van der Waals surface area contributed by atoms with E-state index < -0.39 is 10.0 Å². The van der Waals surface area contributed by atoms with E-state index in [-0.39, 0.29) is 6.04 Å². The van der Waals surface area contributed by atoms with Crippen LogP contribution in [-0.2, 0) is 16.4 Å². The summed E-state index contributed by atoms with van der Waals surface area (Å²) >= 11 is 1.56. The van der Waals surface area contributed by atoms with Gasteiger partial charge in [-0.2, -0.15) is 0 Å². The molecule has 1 aliphatic heterocycles. The summed E-state index contributed by atoms with van der Waals surface area (Å²) in [5.41, 5.74) is 4.61. The predicted octanol–water partition coefficient (Wildman–Crippen LogP) is 4.60. The molecule has 0 bridgehead atoms. The quantitative estimate of drug-likeness (QED) is 0.556. The second-order valence-electron chi connectivity index (χ2n) is 7.29. The first-order valence-electron chi connectivity index (χ1n) is 9.71. The first kappa shape index (κ1) is 20.7. The van der Waals surface area contributed by atoms with Crippen LogP contribution >= 0.6 is 11.3 Å². The van der Waals surface area contributed by atoms with Gasteiger partial charge in [-0.3, -0.25) is 4.31 Å². The molecule has 158 valence electrons. The van der Waals surface area contributed by atoms with Crippen LogP contribution in [0.5, 0.6) is 11.5 Å². The van der Waals surface area contributed by atoms with Gasteiger partial charge in [0.15, 0.2) is 11.5 Å². The van der Waals surface area contributed by atoms with E-state index in [1.165, 1.54) is 10.6 Å². The molecule has 30 heavy (non-hydrogen) atoms. The van der Waals surface area contributed by atoms with Crippen molar-refractivity contribution >= 4 is 27.0 Å². The van der Waals surface area contributed by atoms with Gasteiger partial charge in [-0.1, -0.05) is 6.07 Å². The van der Waals surface area contributed by atoms with E-state index in [2.05, 4.69) is 6.07 Å². The van der Waals surface area contributed by atoms with E-state index in [0.29, 0.717) is 24.5 Å². The number of fused-ring (bicyclic) bond motifs is 1. The van der Waals surface area contributed by atoms with E-state index in [4.69, 9.17) is 14.5 Å². The molecule has 4 rings (SSSR count). The molecule has 0 N–H and O–H groups in total. The summed E-state index contributed by atoms with van der Waals surface area (Å²) in [7, 11) is -1.67. The van der Waals surface area contributed by atoms with E-state index >= 15 is 0 Å². The minimum absolute atomic E-state index is 0.0763. The Kier molecular flexibility index (Phi) is 5.46. The fraction of sp³-hybridized carbons (Fsp3) is 0.318. The van der Waals surface area contributed by atoms with Gasteiger partial charge in [0, 0.05) is 22.5 Å². The maximum atomic E-state index is 12.1. The highest BCUT2D eigenvalue weighted by Crippen LogP contribution is 2.39. The van der Waals surface area contributed by atoms with Crippen molar-refractivity contribution in [2.75, 3.05) is 24.3 Å². The van der Waals surface area contributed by atoms with Crippen LogP contribution in [0.3, 0.4) is 0 Å². The normalized spacial score (nSPS) is 15.9. The molecule has 0 fully saturated rings. The zero-order valence-electron chi connectivity index (χ0n) is 17.4. The Labute approximate surface area is 181 Å². The molecule has 0 aliphatic carbocycles. The Hall–Kier alpha value is -2.58. The zero-order valence-corrected chi connectivity index (χ0v) is 19.0. The van der Waals surface area contributed by atoms with Crippen LogP contribution in [0.25, 0.3) is 21.8 Å². The first-order chi connectivity index (χ1) is 14.3. The second kappa shape index (κ2) is 7.92. The van der Waals surface area contributed by atoms with Gasteiger partial charge < -0.3 is 9.47 Å². The van der Waals surface area contributed by atoms with Crippen LogP contribution in [-0.4, -0.2) is 39.4 Å². The molecule has 0 spiro atoms. The molecular formula is C22H24N2O4S2. The standard InChI is InChI=1S/C22H24N2O4S2/c1-5-28-20-9-7-16(12-21(20)27-3)22-23-18(13-29-22)15-6-8-19-17(11-15)10-14(2)24(19)30(4,25)26/h6-9,11-14H,5,10H2,1-4H3. The minimum atomic E-state index is -3.29. The van der Waals surface area contributed by atoms with Crippen LogP contribution in [0.2, 0.25) is 0 Å². The van der Waals surface area contributed by atoms with Crippen molar-refractivity contribution in [3.8, 4) is 33.3 Å². The Morgan fingerprint density at radius 2 is 1.93 bits per heavy atom. The van der Waals surface area contributed by atoms with Crippen molar-refractivity contribution in [2.45, 2.75) is 26.3 Å². The van der Waals surface area contributed by atoms with Gasteiger partial charge in [-0.25, -0.2) is 13.4 Å². The molecule has 1 aromatic heterocycles. The van der Waals surface area contributed by atoms with E-state index in [0.717, 1.165) is 33.1 Å². The summed E-state index contributed by atoms with van der Waals surface area (Å²) in [6.45, 7) is 4.44. The van der Waals surface area contributed by atoms with Crippen molar-refractivity contribution in [1.82, 2.24) is 4.98 Å². The largest absolute Gasteiger partial charge is 0.493 e. The zero-order chi connectivity index (χ0) is 21.5. The van der Waals surface area contributed by atoms with E-state index in [1.807, 2.05) is 49.6 Å². The summed E-state index contributed by atoms with van der Waals surface area (Å²) in [5, 5.41) is 2.91. The first-order valence-corrected chi connectivity index (χ1v) is 12.4. The third-order valence-corrected chi connectivity index (χ3v) is 7.26. The van der Waals surface area contributed by atoms with Crippen LogP contribution in [0, 0.1) is 0 Å². The lowest BCUT2D eigenvalue weighted by atomic mass is 10.1. The number of rotatable bonds is 6. The van der Waals surface area contributed by atoms with Gasteiger partial charge in [0.05, 0.1) is 31.4 Å². The molecule has 1 aliphatic rings. The molecule has 1 unspecified atom stereocenters. The number of benzene rings is 2. The van der Waals surface area contributed by atoms with Gasteiger partial charge >= 0.3 is 0 Å². The molecule has 0 saturated carbocycles. The van der Waals surface area contributed by atoms with Gasteiger partial charge in [0.2, 0.25) is 10.0 Å². The number of thiazole rings is 1. The molecule has 1 atom stereocenters. The average Bonchev–Trinajstić information content (AvgIpc) is 3.31. The third kappa shape index (κ3) is 3.77. The SMILES string of the molecule is CCOc1ccc(-c2nc(-c3ccc4c(c3)CC(C)N4S(C)(=O)=O)cs2)cc1OC. The van der Waals surface area contributed by atoms with Crippen LogP contribution in [0.1, 0.15) is 19.4 Å². The summed E-state index contributed by atoms with van der Waals surface area (Å²) in [4.78, 5) is 4.80. The molecule has 2 heterocycles. The maximum absolute atomic E-state index is 12.1. The molecule has 6 nitrogen and oxygen atoms in total. The highest BCUT2D eigenvalue weighted by molar-refractivity contribution is 7.92. The molecule has 2 aromatic carbocycles. The van der Waals surface area contributed by atoms with Crippen molar-refractivity contribution in [2.24, 2.45) is 0 Å². The smallest absolute Gasteiger partial charge is 0.232 e. The lowest BCUT2D eigenvalue weighted by molar-refractivity contribution is 0.311. The minimum Gasteiger partial charge on any atom is -0.493 e. The number of hydrogen-bond acceptors (Lipinski definition) is 6. The van der Waals surface area contributed by atoms with Gasteiger partial charge in [0.1, 0.15) is 5.01 Å². The Bertz CT molecular complexity index is 1190. The lowest BCUT2D eigenvalue weighted by Gasteiger charge is -2.21. The van der Waals surface area contributed by atoms with Gasteiger partial charge in [-0.15, -0.1) is 11.3 Å². The molecule has 0 saturated heterocycles. The number of aromatic nitrogens is 1. The lowest BCUT2D eigenvalue weighted by Crippen LogP contribution is -2.34. The second-order valence-corrected chi connectivity index (χ2v) is 10.0.